The van der Waals surface area contributed by atoms with Gasteiger partial charge in [0.15, 0.2) is 0 Å². The van der Waals surface area contributed by atoms with Crippen molar-refractivity contribution in [3.8, 4) is 0 Å². The molecule has 0 amide bonds. The summed E-state index contributed by atoms with van der Waals surface area (Å²) >= 11 is 0. The Morgan fingerprint density at radius 1 is 1.57 bits per heavy atom. The van der Waals surface area contributed by atoms with Crippen molar-refractivity contribution < 1.29 is 24.5 Å². The van der Waals surface area contributed by atoms with Crippen molar-refractivity contribution in [1.82, 2.24) is 0 Å². The number of esters is 1. The van der Waals surface area contributed by atoms with E-state index in [0.29, 0.717) is 6.42 Å². The van der Waals surface area contributed by atoms with Gasteiger partial charge in [-0.2, -0.15) is 0 Å². The molecule has 0 bridgehead atoms. The van der Waals surface area contributed by atoms with Crippen LogP contribution >= 0.6 is 0 Å². The van der Waals surface area contributed by atoms with E-state index in [1.807, 2.05) is 0 Å². The molecule has 0 aliphatic rings. The van der Waals surface area contributed by atoms with Gasteiger partial charge in [0.1, 0.15) is 0 Å². The van der Waals surface area contributed by atoms with Crippen LogP contribution in [0.3, 0.4) is 0 Å². The van der Waals surface area contributed by atoms with Gasteiger partial charge in [-0.05, 0) is 13.3 Å². The van der Waals surface area contributed by atoms with Crippen LogP contribution in [0.15, 0.2) is 11.8 Å². The summed E-state index contributed by atoms with van der Waals surface area (Å²) < 4.78 is 9.23. The molecule has 82 valence electrons. The van der Waals surface area contributed by atoms with E-state index in [2.05, 4.69) is 9.47 Å². The van der Waals surface area contributed by atoms with Crippen LogP contribution in [-0.2, 0) is 14.3 Å². The number of hydrogen-bond acceptors (Lipinski definition) is 5. The SMILES string of the molecule is COC=C(C)C(=O)OC(O)CCCO. The zero-order chi connectivity index (χ0) is 11.0. The molecule has 0 radical (unpaired) electrons. The molecule has 0 aliphatic carbocycles. The summed E-state index contributed by atoms with van der Waals surface area (Å²) in [5.74, 6) is -0.628. The number of rotatable bonds is 6. The lowest BCUT2D eigenvalue weighted by molar-refractivity contribution is -0.164. The van der Waals surface area contributed by atoms with E-state index in [0.717, 1.165) is 0 Å². The molecule has 0 heterocycles. The Bertz CT molecular complexity index is 199. The van der Waals surface area contributed by atoms with Crippen LogP contribution < -0.4 is 0 Å². The van der Waals surface area contributed by atoms with E-state index >= 15 is 0 Å². The Labute approximate surface area is 82.9 Å². The number of aliphatic hydroxyl groups is 2. The molecule has 1 atom stereocenters. The third-order valence-electron chi connectivity index (χ3n) is 1.47. The highest BCUT2D eigenvalue weighted by Crippen LogP contribution is 2.03. The van der Waals surface area contributed by atoms with E-state index in [4.69, 9.17) is 10.2 Å². The van der Waals surface area contributed by atoms with Crippen LogP contribution in [-0.4, -0.2) is 36.2 Å². The highest BCUT2D eigenvalue weighted by Gasteiger charge is 2.12. The van der Waals surface area contributed by atoms with Gasteiger partial charge < -0.3 is 19.7 Å². The van der Waals surface area contributed by atoms with Crippen LogP contribution in [0.1, 0.15) is 19.8 Å². The Balaban J connectivity index is 3.87. The molecule has 5 nitrogen and oxygen atoms in total. The maximum atomic E-state index is 11.1. The molecule has 0 aromatic rings. The van der Waals surface area contributed by atoms with Crippen molar-refractivity contribution in [3.05, 3.63) is 11.8 Å². The van der Waals surface area contributed by atoms with Crippen LogP contribution in [0, 0.1) is 0 Å². The summed E-state index contributed by atoms with van der Waals surface area (Å²) in [6.07, 6.45) is 0.681. The van der Waals surface area contributed by atoms with E-state index in [-0.39, 0.29) is 18.6 Å². The molecule has 0 aromatic carbocycles. The first kappa shape index (κ1) is 12.9. The fourth-order valence-electron chi connectivity index (χ4n) is 0.766. The second-order valence-electron chi connectivity index (χ2n) is 2.76. The van der Waals surface area contributed by atoms with E-state index in [1.165, 1.54) is 20.3 Å². The van der Waals surface area contributed by atoms with Gasteiger partial charge in [-0.15, -0.1) is 0 Å². The van der Waals surface area contributed by atoms with Crippen molar-refractivity contribution in [1.29, 1.82) is 0 Å². The molecule has 0 saturated carbocycles. The Morgan fingerprint density at radius 3 is 2.71 bits per heavy atom. The fraction of sp³-hybridized carbons (Fsp3) is 0.667. The molecule has 0 fully saturated rings. The molecule has 0 aliphatic heterocycles. The van der Waals surface area contributed by atoms with Crippen LogP contribution in [0.5, 0.6) is 0 Å². The normalized spacial score (nSPS) is 13.6. The zero-order valence-corrected chi connectivity index (χ0v) is 8.40. The average molecular weight is 204 g/mol. The minimum Gasteiger partial charge on any atom is -0.504 e. The van der Waals surface area contributed by atoms with Gasteiger partial charge in [-0.25, -0.2) is 4.79 Å². The molecule has 0 aromatic heterocycles. The second kappa shape index (κ2) is 7.34. The number of hydrogen-bond donors (Lipinski definition) is 2. The van der Waals surface area contributed by atoms with Gasteiger partial charge in [-0.3, -0.25) is 0 Å². The molecular weight excluding hydrogens is 188 g/mol. The summed E-state index contributed by atoms with van der Waals surface area (Å²) in [5, 5.41) is 17.6. The highest BCUT2D eigenvalue weighted by molar-refractivity contribution is 5.87. The van der Waals surface area contributed by atoms with Gasteiger partial charge in [0.25, 0.3) is 0 Å². The number of carbonyl (C=O) groups excluding carboxylic acids is 1. The van der Waals surface area contributed by atoms with Crippen LogP contribution in [0.25, 0.3) is 0 Å². The molecule has 0 saturated heterocycles. The lowest BCUT2D eigenvalue weighted by Crippen LogP contribution is -2.18. The summed E-state index contributed by atoms with van der Waals surface area (Å²) in [7, 11) is 1.42. The van der Waals surface area contributed by atoms with Crippen molar-refractivity contribution in [2.75, 3.05) is 13.7 Å². The van der Waals surface area contributed by atoms with Crippen molar-refractivity contribution in [2.24, 2.45) is 0 Å². The summed E-state index contributed by atoms with van der Waals surface area (Å²) in [4.78, 5) is 11.1. The van der Waals surface area contributed by atoms with Crippen LogP contribution in [0.4, 0.5) is 0 Å². The zero-order valence-electron chi connectivity index (χ0n) is 8.40. The molecule has 1 unspecified atom stereocenters. The summed E-state index contributed by atoms with van der Waals surface area (Å²) in [6, 6.07) is 0. The van der Waals surface area contributed by atoms with E-state index < -0.39 is 12.3 Å². The molecule has 5 heteroatoms. The van der Waals surface area contributed by atoms with Gasteiger partial charge >= 0.3 is 5.97 Å². The van der Waals surface area contributed by atoms with Crippen LogP contribution in [0.2, 0.25) is 0 Å². The number of ether oxygens (including phenoxy) is 2. The maximum Gasteiger partial charge on any atom is 0.339 e. The largest absolute Gasteiger partial charge is 0.504 e. The molecular formula is C9H16O5. The standard InChI is InChI=1S/C9H16O5/c1-7(6-13-2)9(12)14-8(11)4-3-5-10/h6,8,10-11H,3-5H2,1-2H3. The smallest absolute Gasteiger partial charge is 0.339 e. The Hall–Kier alpha value is -1.07. The lowest BCUT2D eigenvalue weighted by Gasteiger charge is -2.11. The average Bonchev–Trinajstić information content (AvgIpc) is 2.15. The number of carbonyl (C=O) groups is 1. The third kappa shape index (κ3) is 5.55. The van der Waals surface area contributed by atoms with Gasteiger partial charge in [0.2, 0.25) is 6.29 Å². The lowest BCUT2D eigenvalue weighted by atomic mass is 10.3. The summed E-state index contributed by atoms with van der Waals surface area (Å²) in [5.41, 5.74) is 0.274. The predicted molar refractivity (Wildman–Crippen MR) is 49.2 cm³/mol. The van der Waals surface area contributed by atoms with Crippen molar-refractivity contribution >= 4 is 5.97 Å². The van der Waals surface area contributed by atoms with Gasteiger partial charge in [0, 0.05) is 13.0 Å². The monoisotopic (exact) mass is 204 g/mol. The van der Waals surface area contributed by atoms with Crippen molar-refractivity contribution in [2.45, 2.75) is 26.1 Å². The minimum atomic E-state index is -1.17. The molecule has 0 rings (SSSR count). The summed E-state index contributed by atoms with van der Waals surface area (Å²) in [6.45, 7) is 1.48. The number of aliphatic hydroxyl groups excluding tert-OH is 2. The second-order valence-corrected chi connectivity index (χ2v) is 2.76. The van der Waals surface area contributed by atoms with Gasteiger partial charge in [0.05, 0.1) is 18.9 Å². The Morgan fingerprint density at radius 2 is 2.21 bits per heavy atom. The quantitative estimate of drug-likeness (QED) is 0.279. The highest BCUT2D eigenvalue weighted by atomic mass is 16.6. The fourth-order valence-corrected chi connectivity index (χ4v) is 0.766. The maximum absolute atomic E-state index is 11.1. The molecule has 2 N–H and O–H groups in total. The number of methoxy groups -OCH3 is 1. The van der Waals surface area contributed by atoms with E-state index in [9.17, 15) is 4.79 Å². The Kier molecular flexibility index (Phi) is 6.78. The topological polar surface area (TPSA) is 76.0 Å². The first-order valence-corrected chi connectivity index (χ1v) is 4.31. The van der Waals surface area contributed by atoms with Gasteiger partial charge in [-0.1, -0.05) is 0 Å². The van der Waals surface area contributed by atoms with E-state index in [1.54, 1.807) is 0 Å². The molecule has 14 heavy (non-hydrogen) atoms. The predicted octanol–water partition coefficient (Wildman–Crippen LogP) is 0.171. The minimum absolute atomic E-state index is 0.0402. The third-order valence-corrected chi connectivity index (χ3v) is 1.47. The van der Waals surface area contributed by atoms with Crippen molar-refractivity contribution in [3.63, 3.8) is 0 Å². The molecule has 0 spiro atoms. The first-order chi connectivity index (χ1) is 6.61. The first-order valence-electron chi connectivity index (χ1n) is 4.31.